The second-order valence-electron chi connectivity index (χ2n) is 3.56. The zero-order chi connectivity index (χ0) is 13.5. The molecule has 1 atom stereocenters. The van der Waals surface area contributed by atoms with Gasteiger partial charge in [-0.3, -0.25) is 4.79 Å². The number of carbonyl (C=O) groups is 1. The van der Waals surface area contributed by atoms with Gasteiger partial charge >= 0.3 is 0 Å². The van der Waals surface area contributed by atoms with Gasteiger partial charge in [-0.1, -0.05) is 29.3 Å². The Bertz CT molecular complexity index is 474. The van der Waals surface area contributed by atoms with Crippen molar-refractivity contribution in [2.45, 2.75) is 12.2 Å². The number of nitriles is 1. The Kier molecular flexibility index (Phi) is 6.34. The molecule has 0 aliphatic rings. The van der Waals surface area contributed by atoms with Crippen LogP contribution in [-0.2, 0) is 4.79 Å². The van der Waals surface area contributed by atoms with Gasteiger partial charge < -0.3 is 5.32 Å². The van der Waals surface area contributed by atoms with Gasteiger partial charge in [0.25, 0.3) is 0 Å². The summed E-state index contributed by atoms with van der Waals surface area (Å²) in [5, 5.41) is 12.0. The van der Waals surface area contributed by atoms with Crippen molar-refractivity contribution in [3.8, 4) is 6.07 Å². The van der Waals surface area contributed by atoms with Gasteiger partial charge in [-0.15, -0.1) is 11.8 Å². The molecule has 6 heteroatoms. The molecular weight excluding hydrogens is 291 g/mol. The Hall–Kier alpha value is -0.890. The third-order valence-corrected chi connectivity index (χ3v) is 4.18. The number of rotatable bonds is 5. The Morgan fingerprint density at radius 1 is 1.50 bits per heavy atom. The van der Waals surface area contributed by atoms with Crippen LogP contribution in [0, 0.1) is 11.3 Å². The third-order valence-electron chi connectivity index (χ3n) is 2.24. The van der Waals surface area contributed by atoms with Crippen LogP contribution >= 0.6 is 35.0 Å². The fraction of sp³-hybridized carbons (Fsp3) is 0.333. The van der Waals surface area contributed by atoms with E-state index in [1.807, 2.05) is 19.1 Å². The lowest BCUT2D eigenvalue weighted by atomic mass is 10.2. The number of halogens is 2. The van der Waals surface area contributed by atoms with Crippen molar-refractivity contribution in [3.63, 3.8) is 0 Å². The molecule has 3 nitrogen and oxygen atoms in total. The Morgan fingerprint density at radius 2 is 2.22 bits per heavy atom. The van der Waals surface area contributed by atoms with Crippen LogP contribution in [0.1, 0.15) is 17.7 Å². The maximum absolute atomic E-state index is 11.3. The number of amides is 1. The lowest BCUT2D eigenvalue weighted by molar-refractivity contribution is -0.118. The van der Waals surface area contributed by atoms with Crippen molar-refractivity contribution >= 4 is 40.9 Å². The van der Waals surface area contributed by atoms with Crippen molar-refractivity contribution in [1.82, 2.24) is 5.32 Å². The van der Waals surface area contributed by atoms with Crippen LogP contribution < -0.4 is 5.32 Å². The zero-order valence-electron chi connectivity index (χ0n) is 9.74. The molecule has 0 aromatic heterocycles. The normalized spacial score (nSPS) is 11.7. The average Bonchev–Trinajstić information content (AvgIpc) is 2.36. The first-order chi connectivity index (χ1) is 8.54. The second-order valence-corrected chi connectivity index (χ2v) is 5.71. The molecule has 0 radical (unpaired) electrons. The summed E-state index contributed by atoms with van der Waals surface area (Å²) in [7, 11) is 0. The summed E-state index contributed by atoms with van der Waals surface area (Å²) in [6, 6.07) is 7.29. The van der Waals surface area contributed by atoms with E-state index in [-0.39, 0.29) is 17.7 Å². The number of thioether (sulfide) groups is 1. The first-order valence-corrected chi connectivity index (χ1v) is 7.05. The van der Waals surface area contributed by atoms with Crippen LogP contribution in [0.3, 0.4) is 0 Å². The predicted molar refractivity (Wildman–Crippen MR) is 76.0 cm³/mol. The number of hydrogen-bond donors (Lipinski definition) is 1. The highest BCUT2D eigenvalue weighted by Gasteiger charge is 2.10. The highest BCUT2D eigenvalue weighted by Crippen LogP contribution is 2.32. The number of carbonyl (C=O) groups excluding carboxylic acids is 1. The predicted octanol–water partition coefficient (Wildman–Crippen LogP) is 3.43. The molecule has 0 aliphatic carbocycles. The summed E-state index contributed by atoms with van der Waals surface area (Å²) in [6.07, 6.45) is 0. The molecule has 0 heterocycles. The van der Waals surface area contributed by atoms with Crippen LogP contribution in [0.15, 0.2) is 18.2 Å². The van der Waals surface area contributed by atoms with E-state index in [1.54, 1.807) is 12.1 Å². The number of nitrogens with zero attached hydrogens (tertiary/aromatic N) is 1. The van der Waals surface area contributed by atoms with Gasteiger partial charge in [0.1, 0.15) is 6.54 Å². The lowest BCUT2D eigenvalue weighted by Gasteiger charge is -2.12. The maximum atomic E-state index is 11.3. The molecule has 0 unspecified atom stereocenters. The van der Waals surface area contributed by atoms with E-state index in [2.05, 4.69) is 5.32 Å². The van der Waals surface area contributed by atoms with E-state index in [0.717, 1.165) is 5.56 Å². The summed E-state index contributed by atoms with van der Waals surface area (Å²) in [5.74, 6) is 0.164. The molecule has 0 saturated heterocycles. The minimum Gasteiger partial charge on any atom is -0.342 e. The van der Waals surface area contributed by atoms with E-state index in [1.165, 1.54) is 11.8 Å². The molecule has 0 saturated carbocycles. The van der Waals surface area contributed by atoms with Gasteiger partial charge in [0.2, 0.25) is 5.91 Å². The van der Waals surface area contributed by atoms with Crippen LogP contribution in [0.2, 0.25) is 10.0 Å². The summed E-state index contributed by atoms with van der Waals surface area (Å²) in [4.78, 5) is 11.3. The summed E-state index contributed by atoms with van der Waals surface area (Å²) in [6.45, 7) is 2.03. The van der Waals surface area contributed by atoms with E-state index < -0.39 is 0 Å². The topological polar surface area (TPSA) is 52.9 Å². The highest BCUT2D eigenvalue weighted by molar-refractivity contribution is 8.00. The summed E-state index contributed by atoms with van der Waals surface area (Å²) >= 11 is 13.2. The first-order valence-electron chi connectivity index (χ1n) is 5.24. The molecule has 1 amide bonds. The van der Waals surface area contributed by atoms with Crippen LogP contribution in [0.4, 0.5) is 0 Å². The first kappa shape index (κ1) is 15.2. The lowest BCUT2D eigenvalue weighted by Crippen LogP contribution is -2.25. The average molecular weight is 303 g/mol. The minimum absolute atomic E-state index is 0.0422. The monoisotopic (exact) mass is 302 g/mol. The number of nitrogens with one attached hydrogen (secondary N) is 1. The molecule has 0 aliphatic heterocycles. The molecule has 1 rings (SSSR count). The molecular formula is C12H12Cl2N2OS. The van der Waals surface area contributed by atoms with Gasteiger partial charge in [0.15, 0.2) is 0 Å². The third kappa shape index (κ3) is 4.77. The van der Waals surface area contributed by atoms with Crippen molar-refractivity contribution in [3.05, 3.63) is 33.8 Å². The van der Waals surface area contributed by atoms with E-state index in [9.17, 15) is 4.79 Å². The van der Waals surface area contributed by atoms with Crippen molar-refractivity contribution in [2.24, 2.45) is 0 Å². The molecule has 1 N–H and O–H groups in total. The fourth-order valence-electron chi connectivity index (χ4n) is 1.25. The van der Waals surface area contributed by atoms with Gasteiger partial charge in [0.05, 0.1) is 21.9 Å². The van der Waals surface area contributed by atoms with Crippen LogP contribution in [-0.4, -0.2) is 18.2 Å². The molecule has 96 valence electrons. The Balaban J connectivity index is 2.50. The van der Waals surface area contributed by atoms with Crippen molar-refractivity contribution in [2.75, 3.05) is 12.3 Å². The molecule has 0 spiro atoms. The highest BCUT2D eigenvalue weighted by atomic mass is 35.5. The van der Waals surface area contributed by atoms with Crippen molar-refractivity contribution < 1.29 is 4.79 Å². The minimum atomic E-state index is -0.145. The van der Waals surface area contributed by atoms with Crippen LogP contribution in [0.25, 0.3) is 0 Å². The second kappa shape index (κ2) is 7.52. The molecule has 1 aromatic rings. The number of hydrogen-bond acceptors (Lipinski definition) is 3. The SMILES string of the molecule is C[C@@H](SCC(=O)NCC#N)c1ccc(Cl)c(Cl)c1. The van der Waals surface area contributed by atoms with Gasteiger partial charge in [0, 0.05) is 5.25 Å². The van der Waals surface area contributed by atoms with E-state index in [0.29, 0.717) is 15.8 Å². The largest absolute Gasteiger partial charge is 0.342 e. The van der Waals surface area contributed by atoms with Gasteiger partial charge in [-0.25, -0.2) is 0 Å². The maximum Gasteiger partial charge on any atom is 0.230 e. The molecule has 1 aromatic carbocycles. The van der Waals surface area contributed by atoms with Crippen LogP contribution in [0.5, 0.6) is 0 Å². The van der Waals surface area contributed by atoms with E-state index in [4.69, 9.17) is 28.5 Å². The Morgan fingerprint density at radius 3 is 2.83 bits per heavy atom. The zero-order valence-corrected chi connectivity index (χ0v) is 12.1. The smallest absolute Gasteiger partial charge is 0.230 e. The van der Waals surface area contributed by atoms with Gasteiger partial charge in [-0.2, -0.15) is 5.26 Å². The quantitative estimate of drug-likeness (QED) is 0.848. The van der Waals surface area contributed by atoms with E-state index >= 15 is 0 Å². The van der Waals surface area contributed by atoms with Crippen molar-refractivity contribution in [1.29, 1.82) is 5.26 Å². The fourth-order valence-corrected chi connectivity index (χ4v) is 2.40. The van der Waals surface area contributed by atoms with Gasteiger partial charge in [-0.05, 0) is 24.6 Å². The molecule has 0 fully saturated rings. The molecule has 18 heavy (non-hydrogen) atoms. The molecule has 0 bridgehead atoms. The summed E-state index contributed by atoms with van der Waals surface area (Å²) < 4.78 is 0. The standard InChI is InChI=1S/C12H12Cl2N2OS/c1-8(18-7-12(17)16-5-4-15)9-2-3-10(13)11(14)6-9/h2-3,6,8H,5,7H2,1H3,(H,16,17)/t8-/m1/s1. The number of benzene rings is 1. The summed E-state index contributed by atoms with van der Waals surface area (Å²) in [5.41, 5.74) is 1.02. The Labute approximate surface area is 120 Å².